The highest BCUT2D eigenvalue weighted by Gasteiger charge is 2.15. The van der Waals surface area contributed by atoms with Crippen LogP contribution in [-0.4, -0.2) is 38.8 Å². The molecule has 1 aromatic carbocycles. The van der Waals surface area contributed by atoms with E-state index in [1.807, 2.05) is 0 Å². The molecule has 110 valence electrons. The van der Waals surface area contributed by atoms with Crippen molar-refractivity contribution >= 4 is 27.5 Å². The molecule has 0 saturated carbocycles. The van der Waals surface area contributed by atoms with Crippen LogP contribution in [0.3, 0.4) is 0 Å². The lowest BCUT2D eigenvalue weighted by atomic mass is 10.1. The number of anilines is 1. The molecule has 1 heterocycles. The maximum Gasteiger partial charge on any atom is 0.250 e. The molecule has 1 saturated heterocycles. The van der Waals surface area contributed by atoms with Crippen LogP contribution in [0.1, 0.15) is 12.8 Å². The number of rotatable bonds is 5. The van der Waals surface area contributed by atoms with Crippen LogP contribution in [0.2, 0.25) is 0 Å². The number of piperidine rings is 1. The van der Waals surface area contributed by atoms with Crippen LogP contribution in [0.5, 0.6) is 5.75 Å². The molecule has 20 heavy (non-hydrogen) atoms. The molecule has 6 heteroatoms. The van der Waals surface area contributed by atoms with Gasteiger partial charge in [-0.05, 0) is 60.1 Å². The summed E-state index contributed by atoms with van der Waals surface area (Å²) in [6.07, 6.45) is 2.10. The number of carbonyl (C=O) groups is 1. The van der Waals surface area contributed by atoms with E-state index in [0.717, 1.165) is 41.8 Å². The Morgan fingerprint density at radius 1 is 1.45 bits per heavy atom. The Bertz CT molecular complexity index is 462. The second-order valence-corrected chi connectivity index (χ2v) is 5.51. The van der Waals surface area contributed by atoms with Gasteiger partial charge < -0.3 is 20.1 Å². The molecule has 0 aromatic heterocycles. The smallest absolute Gasteiger partial charge is 0.250 e. The van der Waals surface area contributed by atoms with Crippen molar-refractivity contribution in [1.82, 2.24) is 5.32 Å². The third kappa shape index (κ3) is 4.47. The lowest BCUT2D eigenvalue weighted by molar-refractivity contribution is -0.123. The first kappa shape index (κ1) is 15.3. The molecule has 0 spiro atoms. The third-order valence-corrected chi connectivity index (χ3v) is 3.79. The van der Waals surface area contributed by atoms with Crippen molar-refractivity contribution in [3.63, 3.8) is 0 Å². The highest BCUT2D eigenvalue weighted by molar-refractivity contribution is 9.10. The second kappa shape index (κ2) is 7.61. The van der Waals surface area contributed by atoms with Gasteiger partial charge >= 0.3 is 0 Å². The van der Waals surface area contributed by atoms with Crippen molar-refractivity contribution in [2.24, 2.45) is 0 Å². The molecule has 1 amide bonds. The Balaban J connectivity index is 1.80. The number of benzene rings is 1. The summed E-state index contributed by atoms with van der Waals surface area (Å²) in [7, 11) is 1.60. The zero-order chi connectivity index (χ0) is 14.4. The molecule has 1 aliphatic rings. The molecular weight excluding hydrogens is 324 g/mol. The van der Waals surface area contributed by atoms with Gasteiger partial charge in [0.2, 0.25) is 5.91 Å². The highest BCUT2D eigenvalue weighted by atomic mass is 79.9. The standard InChI is InChI=1S/C14H19BrN2O3/c1-19-13-3-2-10(8-12(13)15)17-14(18)9-20-11-4-6-16-7-5-11/h2-3,8,11,16H,4-7,9H2,1H3,(H,17,18). The summed E-state index contributed by atoms with van der Waals surface area (Å²) in [6, 6.07) is 5.40. The van der Waals surface area contributed by atoms with Crippen LogP contribution in [0.4, 0.5) is 5.69 Å². The van der Waals surface area contributed by atoms with Crippen molar-refractivity contribution in [2.75, 3.05) is 32.1 Å². The van der Waals surface area contributed by atoms with Crippen LogP contribution in [-0.2, 0) is 9.53 Å². The molecule has 5 nitrogen and oxygen atoms in total. The Hall–Kier alpha value is -1.11. The fourth-order valence-corrected chi connectivity index (χ4v) is 2.64. The van der Waals surface area contributed by atoms with E-state index in [2.05, 4.69) is 26.6 Å². The van der Waals surface area contributed by atoms with Crippen molar-refractivity contribution < 1.29 is 14.3 Å². The van der Waals surface area contributed by atoms with E-state index in [1.54, 1.807) is 25.3 Å². The maximum absolute atomic E-state index is 11.8. The molecule has 1 aliphatic heterocycles. The fraction of sp³-hybridized carbons (Fsp3) is 0.500. The lowest BCUT2D eigenvalue weighted by Gasteiger charge is -2.22. The summed E-state index contributed by atoms with van der Waals surface area (Å²) in [4.78, 5) is 11.8. The Kier molecular flexibility index (Phi) is 5.82. The molecule has 2 rings (SSSR count). The van der Waals surface area contributed by atoms with Gasteiger partial charge in [-0.1, -0.05) is 0 Å². The van der Waals surface area contributed by atoms with Gasteiger partial charge in [-0.3, -0.25) is 4.79 Å². The van der Waals surface area contributed by atoms with Crippen LogP contribution < -0.4 is 15.4 Å². The summed E-state index contributed by atoms with van der Waals surface area (Å²) >= 11 is 3.38. The molecule has 1 aromatic rings. The van der Waals surface area contributed by atoms with Crippen molar-refractivity contribution in [3.05, 3.63) is 22.7 Å². The Morgan fingerprint density at radius 2 is 2.20 bits per heavy atom. The summed E-state index contributed by atoms with van der Waals surface area (Å²) < 4.78 is 11.5. The number of nitrogens with one attached hydrogen (secondary N) is 2. The minimum Gasteiger partial charge on any atom is -0.496 e. The summed E-state index contributed by atoms with van der Waals surface area (Å²) in [5.74, 6) is 0.592. The van der Waals surface area contributed by atoms with Gasteiger partial charge in [-0.15, -0.1) is 0 Å². The van der Waals surface area contributed by atoms with Crippen molar-refractivity contribution in [2.45, 2.75) is 18.9 Å². The number of halogens is 1. The minimum absolute atomic E-state index is 0.0916. The largest absolute Gasteiger partial charge is 0.496 e. The van der Waals surface area contributed by atoms with Gasteiger partial charge in [-0.2, -0.15) is 0 Å². The molecule has 0 atom stereocenters. The molecule has 0 unspecified atom stereocenters. The van der Waals surface area contributed by atoms with Crippen LogP contribution in [0, 0.1) is 0 Å². The summed E-state index contributed by atoms with van der Waals surface area (Å²) in [5, 5.41) is 6.07. The average Bonchev–Trinajstić information content (AvgIpc) is 2.46. The number of hydrogen-bond acceptors (Lipinski definition) is 4. The van der Waals surface area contributed by atoms with Gasteiger partial charge in [0.15, 0.2) is 0 Å². The van der Waals surface area contributed by atoms with Crippen molar-refractivity contribution in [3.8, 4) is 5.75 Å². The van der Waals surface area contributed by atoms with Gasteiger partial charge in [0.25, 0.3) is 0 Å². The molecule has 0 radical (unpaired) electrons. The first-order chi connectivity index (χ1) is 9.69. The molecule has 0 aliphatic carbocycles. The Morgan fingerprint density at radius 3 is 2.85 bits per heavy atom. The van der Waals surface area contributed by atoms with E-state index in [9.17, 15) is 4.79 Å². The number of carbonyl (C=O) groups excluding carboxylic acids is 1. The zero-order valence-corrected chi connectivity index (χ0v) is 13.0. The number of methoxy groups -OCH3 is 1. The highest BCUT2D eigenvalue weighted by Crippen LogP contribution is 2.27. The summed E-state index contributed by atoms with van der Waals surface area (Å²) in [5.41, 5.74) is 0.719. The zero-order valence-electron chi connectivity index (χ0n) is 11.4. The van der Waals surface area contributed by atoms with E-state index in [-0.39, 0.29) is 18.6 Å². The van der Waals surface area contributed by atoms with E-state index >= 15 is 0 Å². The average molecular weight is 343 g/mol. The van der Waals surface area contributed by atoms with Crippen LogP contribution >= 0.6 is 15.9 Å². The Labute approximate surface area is 127 Å². The number of hydrogen-bond donors (Lipinski definition) is 2. The number of ether oxygens (including phenoxy) is 2. The summed E-state index contributed by atoms with van der Waals surface area (Å²) in [6.45, 7) is 2.00. The van der Waals surface area contributed by atoms with E-state index < -0.39 is 0 Å². The topological polar surface area (TPSA) is 59.6 Å². The normalized spacial score (nSPS) is 15.9. The quantitative estimate of drug-likeness (QED) is 0.860. The SMILES string of the molecule is COc1ccc(NC(=O)COC2CCNCC2)cc1Br. The molecular formula is C14H19BrN2O3. The first-order valence-electron chi connectivity index (χ1n) is 6.65. The number of amides is 1. The van der Waals surface area contributed by atoms with E-state index in [4.69, 9.17) is 9.47 Å². The first-order valence-corrected chi connectivity index (χ1v) is 7.44. The predicted octanol–water partition coefficient (Wildman–Crippen LogP) is 2.16. The van der Waals surface area contributed by atoms with E-state index in [0.29, 0.717) is 0 Å². The van der Waals surface area contributed by atoms with Gasteiger partial charge in [0.05, 0.1) is 17.7 Å². The second-order valence-electron chi connectivity index (χ2n) is 4.66. The van der Waals surface area contributed by atoms with E-state index in [1.165, 1.54) is 0 Å². The maximum atomic E-state index is 11.8. The van der Waals surface area contributed by atoms with Crippen molar-refractivity contribution in [1.29, 1.82) is 0 Å². The molecule has 0 bridgehead atoms. The fourth-order valence-electron chi connectivity index (χ4n) is 2.10. The lowest BCUT2D eigenvalue weighted by Crippen LogP contribution is -2.34. The predicted molar refractivity (Wildman–Crippen MR) is 81.2 cm³/mol. The van der Waals surface area contributed by atoms with Gasteiger partial charge in [0.1, 0.15) is 12.4 Å². The third-order valence-electron chi connectivity index (χ3n) is 3.17. The van der Waals surface area contributed by atoms with Crippen LogP contribution in [0.15, 0.2) is 22.7 Å². The molecule has 1 fully saturated rings. The minimum atomic E-state index is -0.138. The molecule has 2 N–H and O–H groups in total. The van der Waals surface area contributed by atoms with Crippen LogP contribution in [0.25, 0.3) is 0 Å². The monoisotopic (exact) mass is 342 g/mol. The van der Waals surface area contributed by atoms with Gasteiger partial charge in [0, 0.05) is 5.69 Å². The van der Waals surface area contributed by atoms with Gasteiger partial charge in [-0.25, -0.2) is 0 Å².